The number of piperidine rings is 1. The molecule has 0 bridgehead atoms. The van der Waals surface area contributed by atoms with E-state index in [1.165, 1.54) is 30.3 Å². The minimum Gasteiger partial charge on any atom is -0.495 e. The van der Waals surface area contributed by atoms with E-state index in [2.05, 4.69) is 14.8 Å². The first-order valence-electron chi connectivity index (χ1n) is 8.74. The maximum Gasteiger partial charge on any atom is 0.246 e. The van der Waals surface area contributed by atoms with E-state index >= 15 is 0 Å². The van der Waals surface area contributed by atoms with Crippen LogP contribution in [0.15, 0.2) is 29.4 Å². The molecule has 0 unspecified atom stereocenters. The minimum atomic E-state index is -3.65. The van der Waals surface area contributed by atoms with E-state index in [1.807, 2.05) is 0 Å². The van der Waals surface area contributed by atoms with Gasteiger partial charge in [-0.3, -0.25) is 0 Å². The average Bonchev–Trinajstić information content (AvgIpc) is 3.38. The summed E-state index contributed by atoms with van der Waals surface area (Å²) in [5.74, 6) is 1.88. The molecule has 9 heteroatoms. The summed E-state index contributed by atoms with van der Waals surface area (Å²) in [4.78, 5) is 0.119. The third kappa shape index (κ3) is 3.21. The molecule has 0 atom stereocenters. The largest absolute Gasteiger partial charge is 0.495 e. The van der Waals surface area contributed by atoms with Gasteiger partial charge in [0, 0.05) is 30.1 Å². The van der Waals surface area contributed by atoms with E-state index in [0.29, 0.717) is 29.8 Å². The molecule has 2 heterocycles. The maximum atomic E-state index is 13.1. The van der Waals surface area contributed by atoms with Crippen molar-refractivity contribution in [1.29, 1.82) is 0 Å². The summed E-state index contributed by atoms with van der Waals surface area (Å²) in [5, 5.41) is 8.68. The molecule has 0 amide bonds. The molecule has 7 nitrogen and oxygen atoms in total. The topological polar surface area (TPSA) is 77.3 Å². The summed E-state index contributed by atoms with van der Waals surface area (Å²) in [7, 11) is -2.19. The third-order valence-corrected chi connectivity index (χ3v) is 7.26. The Hall–Kier alpha value is -1.64. The predicted molar refractivity (Wildman–Crippen MR) is 97.0 cm³/mol. The molecular weight excluding hydrogens is 376 g/mol. The van der Waals surface area contributed by atoms with Crippen molar-refractivity contribution in [2.75, 3.05) is 20.2 Å². The highest BCUT2D eigenvalue weighted by atomic mass is 35.5. The normalized spacial score (nSPS) is 19.6. The van der Waals surface area contributed by atoms with Gasteiger partial charge in [0.05, 0.1) is 7.11 Å². The van der Waals surface area contributed by atoms with Crippen LogP contribution in [0.1, 0.15) is 43.5 Å². The van der Waals surface area contributed by atoms with Crippen molar-refractivity contribution in [3.05, 3.63) is 35.4 Å². The third-order valence-electron chi connectivity index (χ3n) is 5.10. The number of hydrogen-bond donors (Lipinski definition) is 0. The van der Waals surface area contributed by atoms with E-state index in [9.17, 15) is 8.42 Å². The van der Waals surface area contributed by atoms with Crippen molar-refractivity contribution >= 4 is 21.6 Å². The Labute approximate surface area is 158 Å². The Morgan fingerprint density at radius 2 is 1.92 bits per heavy atom. The molecule has 26 heavy (non-hydrogen) atoms. The summed E-state index contributed by atoms with van der Waals surface area (Å²) in [6.45, 7) is 0.899. The van der Waals surface area contributed by atoms with Crippen LogP contribution in [0.3, 0.4) is 0 Å². The lowest BCUT2D eigenvalue weighted by Gasteiger charge is -2.32. The molecule has 2 fully saturated rings. The molecule has 0 N–H and O–H groups in total. The summed E-state index contributed by atoms with van der Waals surface area (Å²) in [6.07, 6.45) is 5.59. The van der Waals surface area contributed by atoms with Gasteiger partial charge in [-0.05, 0) is 43.9 Å². The van der Waals surface area contributed by atoms with Crippen LogP contribution >= 0.6 is 11.6 Å². The van der Waals surface area contributed by atoms with Gasteiger partial charge < -0.3 is 9.30 Å². The number of methoxy groups -OCH3 is 1. The molecule has 2 aliphatic rings. The Balaban J connectivity index is 1.52. The molecule has 1 saturated carbocycles. The van der Waals surface area contributed by atoms with Crippen molar-refractivity contribution in [2.24, 2.45) is 0 Å². The van der Waals surface area contributed by atoms with E-state index in [4.69, 9.17) is 16.3 Å². The highest BCUT2D eigenvalue weighted by Gasteiger charge is 2.35. The van der Waals surface area contributed by atoms with Crippen molar-refractivity contribution < 1.29 is 13.2 Å². The number of hydrogen-bond acceptors (Lipinski definition) is 5. The number of rotatable bonds is 5. The van der Waals surface area contributed by atoms with Crippen LogP contribution in [0.5, 0.6) is 5.75 Å². The fraction of sp³-hybridized carbons (Fsp3) is 0.529. The van der Waals surface area contributed by atoms with Crippen molar-refractivity contribution in [1.82, 2.24) is 19.1 Å². The number of halogens is 1. The number of sulfonamides is 1. The van der Waals surface area contributed by atoms with Crippen LogP contribution in [0.2, 0.25) is 5.02 Å². The maximum absolute atomic E-state index is 13.1. The van der Waals surface area contributed by atoms with Crippen LogP contribution in [-0.4, -0.2) is 47.7 Å². The van der Waals surface area contributed by atoms with Gasteiger partial charge >= 0.3 is 0 Å². The first-order chi connectivity index (χ1) is 12.5. The lowest BCUT2D eigenvalue weighted by Crippen LogP contribution is -2.39. The molecular formula is C17H21ClN4O3S. The lowest BCUT2D eigenvalue weighted by molar-refractivity contribution is 0.269. The smallest absolute Gasteiger partial charge is 0.246 e. The molecule has 1 saturated heterocycles. The van der Waals surface area contributed by atoms with Gasteiger partial charge in [-0.1, -0.05) is 11.6 Å². The highest BCUT2D eigenvalue weighted by Crippen LogP contribution is 2.41. The number of aromatic nitrogens is 3. The summed E-state index contributed by atoms with van der Waals surface area (Å²) in [6, 6.07) is 4.90. The molecule has 4 rings (SSSR count). The predicted octanol–water partition coefficient (Wildman–Crippen LogP) is 2.84. The Kier molecular flexibility index (Phi) is 4.66. The van der Waals surface area contributed by atoms with Gasteiger partial charge in [-0.2, -0.15) is 4.31 Å². The average molecular weight is 397 g/mol. The van der Waals surface area contributed by atoms with Crippen molar-refractivity contribution in [2.45, 2.75) is 42.5 Å². The van der Waals surface area contributed by atoms with E-state index in [0.717, 1.165) is 18.7 Å². The van der Waals surface area contributed by atoms with Crippen LogP contribution in [0.25, 0.3) is 0 Å². The van der Waals surface area contributed by atoms with E-state index < -0.39 is 10.0 Å². The summed E-state index contributed by atoms with van der Waals surface area (Å²) >= 11 is 6.01. The Morgan fingerprint density at radius 3 is 2.58 bits per heavy atom. The number of nitrogens with zero attached hydrogens (tertiary/aromatic N) is 4. The molecule has 0 radical (unpaired) electrons. The second-order valence-electron chi connectivity index (χ2n) is 6.80. The molecule has 1 aliphatic heterocycles. The fourth-order valence-corrected chi connectivity index (χ4v) is 5.41. The van der Waals surface area contributed by atoms with E-state index in [-0.39, 0.29) is 10.9 Å². The summed E-state index contributed by atoms with van der Waals surface area (Å²) in [5.41, 5.74) is 0. The van der Waals surface area contributed by atoms with E-state index in [1.54, 1.807) is 18.5 Å². The van der Waals surface area contributed by atoms with Crippen LogP contribution < -0.4 is 4.74 Å². The van der Waals surface area contributed by atoms with Crippen molar-refractivity contribution in [3.63, 3.8) is 0 Å². The van der Waals surface area contributed by atoms with Gasteiger partial charge in [-0.15, -0.1) is 10.2 Å². The first kappa shape index (κ1) is 17.8. The van der Waals surface area contributed by atoms with Gasteiger partial charge in [0.15, 0.2) is 0 Å². The van der Waals surface area contributed by atoms with Crippen molar-refractivity contribution in [3.8, 4) is 5.75 Å². The fourth-order valence-electron chi connectivity index (χ4n) is 3.52. The first-order valence-corrected chi connectivity index (χ1v) is 10.6. The lowest BCUT2D eigenvalue weighted by atomic mass is 10.1. The van der Waals surface area contributed by atoms with Gasteiger partial charge in [0.25, 0.3) is 0 Å². The minimum absolute atomic E-state index is 0.119. The van der Waals surface area contributed by atoms with Gasteiger partial charge in [0.1, 0.15) is 22.8 Å². The van der Waals surface area contributed by atoms with Crippen LogP contribution in [-0.2, 0) is 10.0 Å². The van der Waals surface area contributed by atoms with Gasteiger partial charge in [0.2, 0.25) is 10.0 Å². The molecule has 2 aromatic rings. The molecule has 1 aromatic heterocycles. The zero-order valence-electron chi connectivity index (χ0n) is 14.5. The standard InChI is InChI=1S/C17H21ClN4O3S/c1-25-15-5-4-13(18)10-16(15)26(23,24)21-8-6-14(7-9-21)22-11-19-20-17(22)12-2-3-12/h4-5,10-12,14H,2-3,6-9H2,1H3. The van der Waals surface area contributed by atoms with Crippen LogP contribution in [0, 0.1) is 0 Å². The van der Waals surface area contributed by atoms with Gasteiger partial charge in [-0.25, -0.2) is 8.42 Å². The Morgan fingerprint density at radius 1 is 1.19 bits per heavy atom. The molecule has 0 spiro atoms. The number of benzene rings is 1. The summed E-state index contributed by atoms with van der Waals surface area (Å²) < 4.78 is 35.0. The zero-order valence-corrected chi connectivity index (χ0v) is 16.1. The Bertz CT molecular complexity index is 902. The highest BCUT2D eigenvalue weighted by molar-refractivity contribution is 7.89. The SMILES string of the molecule is COc1ccc(Cl)cc1S(=O)(=O)N1CCC(n2cnnc2C2CC2)CC1. The molecule has 1 aliphatic carbocycles. The second-order valence-corrected chi connectivity index (χ2v) is 9.14. The second kappa shape index (κ2) is 6.83. The van der Waals surface area contributed by atoms with Crippen LogP contribution in [0.4, 0.5) is 0 Å². The monoisotopic (exact) mass is 396 g/mol. The quantitative estimate of drug-likeness (QED) is 0.776. The molecule has 140 valence electrons. The number of ether oxygens (including phenoxy) is 1. The molecule has 1 aromatic carbocycles. The zero-order chi connectivity index (χ0) is 18.3.